The highest BCUT2D eigenvalue weighted by Gasteiger charge is 2.15. The van der Waals surface area contributed by atoms with Gasteiger partial charge >= 0.3 is 0 Å². The summed E-state index contributed by atoms with van der Waals surface area (Å²) < 4.78 is 0. The summed E-state index contributed by atoms with van der Waals surface area (Å²) >= 11 is 6.25. The summed E-state index contributed by atoms with van der Waals surface area (Å²) in [6, 6.07) is 15.9. The fourth-order valence-corrected chi connectivity index (χ4v) is 3.32. The molecule has 4 nitrogen and oxygen atoms in total. The second-order valence-corrected chi connectivity index (χ2v) is 7.11. The topological polar surface area (TPSA) is 35.6 Å². The molecule has 0 bridgehead atoms. The van der Waals surface area contributed by atoms with Gasteiger partial charge in [-0.2, -0.15) is 0 Å². The first-order valence-corrected chi connectivity index (χ1v) is 9.94. The maximum atomic E-state index is 12.7. The Balaban J connectivity index is 2.04. The van der Waals surface area contributed by atoms with Crippen LogP contribution in [0.2, 0.25) is 5.02 Å². The Morgan fingerprint density at radius 1 is 0.963 bits per heavy atom. The van der Waals surface area contributed by atoms with Gasteiger partial charge in [-0.3, -0.25) is 9.69 Å². The highest BCUT2D eigenvalue weighted by Crippen LogP contribution is 2.25. The van der Waals surface area contributed by atoms with Crippen molar-refractivity contribution in [2.45, 2.75) is 27.3 Å². The Morgan fingerprint density at radius 3 is 2.26 bits per heavy atom. The van der Waals surface area contributed by atoms with Crippen molar-refractivity contribution in [2.75, 3.05) is 38.0 Å². The van der Waals surface area contributed by atoms with Crippen LogP contribution < -0.4 is 5.32 Å². The number of aryl methyl sites for hydroxylation is 1. The van der Waals surface area contributed by atoms with Gasteiger partial charge in [-0.05, 0) is 37.2 Å². The zero-order valence-corrected chi connectivity index (χ0v) is 17.3. The predicted octanol–water partition coefficient (Wildman–Crippen LogP) is 4.43. The van der Waals surface area contributed by atoms with Crippen LogP contribution in [0.4, 0.5) is 5.69 Å². The van der Waals surface area contributed by atoms with Gasteiger partial charge in [0.25, 0.3) is 0 Å². The second kappa shape index (κ2) is 11.1. The van der Waals surface area contributed by atoms with Crippen molar-refractivity contribution in [1.82, 2.24) is 9.80 Å². The standard InChI is InChI=1S/C22H30ClN3O/c1-4-25(5-2)14-15-26(16-19-11-7-6-8-12-19)17-21(27)24-22-18(3)10-9-13-20(22)23/h6-13H,4-5,14-17H2,1-3H3,(H,24,27). The molecular weight excluding hydrogens is 358 g/mol. The lowest BCUT2D eigenvalue weighted by molar-refractivity contribution is -0.117. The molecule has 0 aliphatic heterocycles. The smallest absolute Gasteiger partial charge is 0.238 e. The number of hydrogen-bond donors (Lipinski definition) is 1. The first-order valence-electron chi connectivity index (χ1n) is 9.57. The molecule has 0 aliphatic rings. The van der Waals surface area contributed by atoms with Gasteiger partial charge in [-0.1, -0.05) is 67.9 Å². The summed E-state index contributed by atoms with van der Waals surface area (Å²) in [4.78, 5) is 17.2. The Kier molecular flexibility index (Phi) is 8.79. The van der Waals surface area contributed by atoms with Crippen LogP contribution in [0.25, 0.3) is 0 Å². The third kappa shape index (κ3) is 6.98. The van der Waals surface area contributed by atoms with E-state index in [2.05, 4.69) is 41.1 Å². The fraction of sp³-hybridized carbons (Fsp3) is 0.409. The summed E-state index contributed by atoms with van der Waals surface area (Å²) in [6.07, 6.45) is 0. The number of carbonyl (C=O) groups is 1. The molecule has 146 valence electrons. The largest absolute Gasteiger partial charge is 0.323 e. The zero-order valence-electron chi connectivity index (χ0n) is 16.5. The summed E-state index contributed by atoms with van der Waals surface area (Å²) in [5.41, 5.74) is 2.87. The Hall–Kier alpha value is -1.88. The molecule has 0 aromatic heterocycles. The van der Waals surface area contributed by atoms with Crippen LogP contribution in [0.3, 0.4) is 0 Å². The van der Waals surface area contributed by atoms with Crippen LogP contribution >= 0.6 is 11.6 Å². The molecule has 0 unspecified atom stereocenters. The van der Waals surface area contributed by atoms with Gasteiger partial charge in [-0.25, -0.2) is 0 Å². The Bertz CT molecular complexity index is 697. The minimum absolute atomic E-state index is 0.0401. The molecule has 0 heterocycles. The summed E-state index contributed by atoms with van der Waals surface area (Å²) in [6.45, 7) is 11.2. The van der Waals surface area contributed by atoms with Crippen LogP contribution in [0.5, 0.6) is 0 Å². The number of carbonyl (C=O) groups excluding carboxylic acids is 1. The van der Waals surface area contributed by atoms with Crippen molar-refractivity contribution in [3.8, 4) is 0 Å². The third-order valence-corrected chi connectivity index (χ3v) is 5.04. The molecule has 1 N–H and O–H groups in total. The average Bonchev–Trinajstić information content (AvgIpc) is 2.66. The molecule has 27 heavy (non-hydrogen) atoms. The normalized spacial score (nSPS) is 11.2. The van der Waals surface area contributed by atoms with Gasteiger partial charge in [0, 0.05) is 19.6 Å². The van der Waals surface area contributed by atoms with Gasteiger partial charge in [0.2, 0.25) is 5.91 Å². The minimum atomic E-state index is -0.0401. The number of likely N-dealkylation sites (N-methyl/N-ethyl adjacent to an activating group) is 1. The number of rotatable bonds is 10. The van der Waals surface area contributed by atoms with Gasteiger partial charge < -0.3 is 10.2 Å². The van der Waals surface area contributed by atoms with E-state index in [-0.39, 0.29) is 5.91 Å². The van der Waals surface area contributed by atoms with E-state index in [1.807, 2.05) is 37.3 Å². The van der Waals surface area contributed by atoms with E-state index >= 15 is 0 Å². The van der Waals surface area contributed by atoms with Gasteiger partial charge in [0.15, 0.2) is 0 Å². The number of hydrogen-bond acceptors (Lipinski definition) is 3. The average molecular weight is 388 g/mol. The van der Waals surface area contributed by atoms with E-state index in [0.29, 0.717) is 17.3 Å². The maximum absolute atomic E-state index is 12.7. The van der Waals surface area contributed by atoms with E-state index in [9.17, 15) is 4.79 Å². The van der Waals surface area contributed by atoms with Crippen molar-refractivity contribution in [3.63, 3.8) is 0 Å². The van der Waals surface area contributed by atoms with Gasteiger partial charge in [-0.15, -0.1) is 0 Å². The van der Waals surface area contributed by atoms with Crippen molar-refractivity contribution in [1.29, 1.82) is 0 Å². The predicted molar refractivity (Wildman–Crippen MR) is 114 cm³/mol. The van der Waals surface area contributed by atoms with Crippen LogP contribution in [-0.2, 0) is 11.3 Å². The van der Waals surface area contributed by atoms with Crippen molar-refractivity contribution in [3.05, 3.63) is 64.7 Å². The van der Waals surface area contributed by atoms with Crippen LogP contribution in [-0.4, -0.2) is 48.4 Å². The van der Waals surface area contributed by atoms with Gasteiger partial charge in [0.1, 0.15) is 0 Å². The van der Waals surface area contributed by atoms with E-state index in [1.165, 1.54) is 5.56 Å². The molecule has 0 spiro atoms. The Morgan fingerprint density at radius 2 is 1.63 bits per heavy atom. The molecule has 0 atom stereocenters. The third-order valence-electron chi connectivity index (χ3n) is 4.73. The molecule has 2 aromatic carbocycles. The van der Waals surface area contributed by atoms with Crippen LogP contribution in [0, 0.1) is 6.92 Å². The molecule has 0 fully saturated rings. The molecule has 2 aromatic rings. The van der Waals surface area contributed by atoms with E-state index in [0.717, 1.165) is 38.3 Å². The number of para-hydroxylation sites is 1. The number of nitrogens with zero attached hydrogens (tertiary/aromatic N) is 2. The molecule has 0 saturated heterocycles. The molecule has 2 rings (SSSR count). The number of amides is 1. The first-order chi connectivity index (χ1) is 13.0. The highest BCUT2D eigenvalue weighted by atomic mass is 35.5. The maximum Gasteiger partial charge on any atom is 0.238 e. The molecule has 0 radical (unpaired) electrons. The monoisotopic (exact) mass is 387 g/mol. The summed E-state index contributed by atoms with van der Waals surface area (Å²) in [5, 5.41) is 3.55. The first kappa shape index (κ1) is 21.4. The highest BCUT2D eigenvalue weighted by molar-refractivity contribution is 6.33. The SMILES string of the molecule is CCN(CC)CCN(CC(=O)Nc1c(C)cccc1Cl)Cc1ccccc1. The zero-order chi connectivity index (χ0) is 19.6. The summed E-state index contributed by atoms with van der Waals surface area (Å²) in [7, 11) is 0. The minimum Gasteiger partial charge on any atom is -0.323 e. The van der Waals surface area contributed by atoms with E-state index in [1.54, 1.807) is 6.07 Å². The molecule has 1 amide bonds. The van der Waals surface area contributed by atoms with Crippen molar-refractivity contribution in [2.24, 2.45) is 0 Å². The molecular formula is C22H30ClN3O. The number of benzene rings is 2. The second-order valence-electron chi connectivity index (χ2n) is 6.70. The van der Waals surface area contributed by atoms with E-state index < -0.39 is 0 Å². The van der Waals surface area contributed by atoms with E-state index in [4.69, 9.17) is 11.6 Å². The number of halogens is 1. The molecule has 0 saturated carbocycles. The lowest BCUT2D eigenvalue weighted by atomic mass is 10.2. The van der Waals surface area contributed by atoms with Gasteiger partial charge in [0.05, 0.1) is 17.3 Å². The fourth-order valence-electron chi connectivity index (χ4n) is 3.05. The van der Waals surface area contributed by atoms with Crippen molar-refractivity contribution < 1.29 is 4.79 Å². The molecule has 0 aliphatic carbocycles. The summed E-state index contributed by atoms with van der Waals surface area (Å²) in [5.74, 6) is -0.0401. The quantitative estimate of drug-likeness (QED) is 0.655. The van der Waals surface area contributed by atoms with Crippen LogP contribution in [0.1, 0.15) is 25.0 Å². The lowest BCUT2D eigenvalue weighted by Gasteiger charge is -2.26. The number of nitrogens with one attached hydrogen (secondary N) is 1. The Labute approximate surface area is 168 Å². The number of anilines is 1. The van der Waals surface area contributed by atoms with Crippen molar-refractivity contribution >= 4 is 23.2 Å². The molecule has 5 heteroatoms. The lowest BCUT2D eigenvalue weighted by Crippen LogP contribution is -2.39. The van der Waals surface area contributed by atoms with Crippen LogP contribution in [0.15, 0.2) is 48.5 Å².